The summed E-state index contributed by atoms with van der Waals surface area (Å²) >= 11 is 1.30. The number of aryl methyl sites for hydroxylation is 1. The van der Waals surface area contributed by atoms with Crippen LogP contribution in [0.4, 0.5) is 0 Å². The molecule has 5 heteroatoms. The van der Waals surface area contributed by atoms with Crippen LogP contribution in [0.25, 0.3) is 10.2 Å². The molecule has 2 N–H and O–H groups in total. The lowest BCUT2D eigenvalue weighted by Crippen LogP contribution is -2.28. The third kappa shape index (κ3) is 1.58. The lowest BCUT2D eigenvalue weighted by molar-refractivity contribution is 0.425. The molecule has 0 spiro atoms. The first-order valence-electron chi connectivity index (χ1n) is 3.90. The topological polar surface area (TPSA) is 53.4 Å². The molecule has 0 fully saturated rings. The van der Waals surface area contributed by atoms with Crippen LogP contribution in [0.2, 0.25) is 0 Å². The van der Waals surface area contributed by atoms with Crippen molar-refractivity contribution in [3.8, 4) is 0 Å². The summed E-state index contributed by atoms with van der Waals surface area (Å²) in [4.78, 5) is 4.44. The number of thiazole rings is 1. The summed E-state index contributed by atoms with van der Waals surface area (Å²) in [6.07, 6.45) is 0. The van der Waals surface area contributed by atoms with Crippen molar-refractivity contribution in [2.75, 3.05) is 0 Å². The lowest BCUT2D eigenvalue weighted by atomic mass is 9.94. The Kier molecular flexibility index (Phi) is 2.07. The van der Waals surface area contributed by atoms with Gasteiger partial charge in [0, 0.05) is 0 Å². The van der Waals surface area contributed by atoms with Crippen LogP contribution in [0.1, 0.15) is 5.56 Å². The van der Waals surface area contributed by atoms with Crippen LogP contribution in [0.5, 0.6) is 0 Å². The molecule has 0 atom stereocenters. The van der Waals surface area contributed by atoms with Crippen LogP contribution in [0.3, 0.4) is 0 Å². The smallest absolute Gasteiger partial charge is 0.422 e. The molecule has 0 saturated carbocycles. The Morgan fingerprint density at radius 1 is 1.38 bits per heavy atom. The zero-order valence-corrected chi connectivity index (χ0v) is 7.88. The number of hydrogen-bond donors (Lipinski definition) is 2. The van der Waals surface area contributed by atoms with E-state index in [0.717, 1.165) is 15.8 Å². The molecule has 1 heterocycles. The van der Waals surface area contributed by atoms with E-state index in [0.29, 0.717) is 4.91 Å². The van der Waals surface area contributed by atoms with Gasteiger partial charge in [-0.2, -0.15) is 0 Å². The van der Waals surface area contributed by atoms with Gasteiger partial charge >= 0.3 is 7.12 Å². The predicted molar refractivity (Wildman–Crippen MR) is 54.2 cm³/mol. The number of fused-ring (bicyclic) bond motifs is 1. The van der Waals surface area contributed by atoms with Gasteiger partial charge in [-0.3, -0.25) is 0 Å². The number of hydrogen-bond acceptors (Lipinski definition) is 4. The van der Waals surface area contributed by atoms with Gasteiger partial charge in [0.15, 0.2) is 0 Å². The van der Waals surface area contributed by atoms with E-state index in [2.05, 4.69) is 4.98 Å². The summed E-state index contributed by atoms with van der Waals surface area (Å²) in [5.74, 6) is 0. The largest absolute Gasteiger partial charge is 0.519 e. The molecule has 3 nitrogen and oxygen atoms in total. The molecule has 0 aliphatic rings. The van der Waals surface area contributed by atoms with Gasteiger partial charge in [0.05, 0.1) is 10.2 Å². The van der Waals surface area contributed by atoms with E-state index in [4.69, 9.17) is 10.0 Å². The second-order valence-electron chi connectivity index (χ2n) is 2.90. The Balaban J connectivity index is 2.62. The maximum atomic E-state index is 8.90. The van der Waals surface area contributed by atoms with Crippen molar-refractivity contribution in [2.24, 2.45) is 0 Å². The summed E-state index contributed by atoms with van der Waals surface area (Å²) in [5, 5.41) is 17.8. The van der Waals surface area contributed by atoms with Gasteiger partial charge in [0.25, 0.3) is 0 Å². The lowest BCUT2D eigenvalue weighted by Gasteiger charge is -1.88. The maximum Gasteiger partial charge on any atom is 0.519 e. The molecule has 1 aromatic heterocycles. The summed E-state index contributed by atoms with van der Waals surface area (Å²) < 4.78 is 0.980. The van der Waals surface area contributed by atoms with Gasteiger partial charge < -0.3 is 10.0 Å². The third-order valence-electron chi connectivity index (χ3n) is 1.78. The van der Waals surface area contributed by atoms with E-state index in [1.54, 1.807) is 0 Å². The molecule has 0 radical (unpaired) electrons. The standard InChI is InChI=1S/C8H8BNO2S/c1-5-2-3-7-6(4-5)10-8(13-7)9(11)12/h2-4,11-12H,1H3. The minimum atomic E-state index is -1.46. The molecule has 2 rings (SSSR count). The second kappa shape index (κ2) is 3.10. The van der Waals surface area contributed by atoms with Crippen molar-refractivity contribution in [3.05, 3.63) is 23.8 Å². The van der Waals surface area contributed by atoms with Gasteiger partial charge in [0.2, 0.25) is 0 Å². The van der Waals surface area contributed by atoms with Gasteiger partial charge in [-0.05, 0) is 24.6 Å². The summed E-state index contributed by atoms with van der Waals surface area (Å²) in [6, 6.07) is 5.85. The normalized spacial score (nSPS) is 10.7. The molecule has 0 aliphatic heterocycles. The average molecular weight is 193 g/mol. The molecular formula is C8H8BNO2S. The fourth-order valence-electron chi connectivity index (χ4n) is 1.17. The average Bonchev–Trinajstić information content (AvgIpc) is 2.46. The Morgan fingerprint density at radius 3 is 2.85 bits per heavy atom. The Hall–Kier alpha value is -0.905. The van der Waals surface area contributed by atoms with Crippen molar-refractivity contribution < 1.29 is 10.0 Å². The fraction of sp³-hybridized carbons (Fsp3) is 0.125. The Bertz CT molecular complexity index is 441. The first-order valence-corrected chi connectivity index (χ1v) is 4.72. The van der Waals surface area contributed by atoms with Crippen LogP contribution in [-0.4, -0.2) is 22.2 Å². The molecule has 0 amide bonds. The van der Waals surface area contributed by atoms with Gasteiger partial charge in [-0.25, -0.2) is 4.98 Å². The second-order valence-corrected chi connectivity index (χ2v) is 3.96. The highest BCUT2D eigenvalue weighted by Gasteiger charge is 2.16. The van der Waals surface area contributed by atoms with Crippen molar-refractivity contribution >= 4 is 33.6 Å². The molecule has 0 bridgehead atoms. The highest BCUT2D eigenvalue weighted by Crippen LogP contribution is 2.17. The zero-order valence-electron chi connectivity index (χ0n) is 7.06. The first kappa shape index (κ1) is 8.68. The predicted octanol–water partition coefficient (Wildman–Crippen LogP) is 0.285. The quantitative estimate of drug-likeness (QED) is 0.639. The minimum absolute atomic E-state index is 0.348. The maximum absolute atomic E-state index is 8.90. The van der Waals surface area contributed by atoms with E-state index >= 15 is 0 Å². The van der Waals surface area contributed by atoms with Crippen LogP contribution in [0.15, 0.2) is 18.2 Å². The van der Waals surface area contributed by atoms with Crippen molar-refractivity contribution in [1.82, 2.24) is 4.98 Å². The zero-order chi connectivity index (χ0) is 9.42. The molecular weight excluding hydrogens is 185 g/mol. The molecule has 1 aromatic carbocycles. The highest BCUT2D eigenvalue weighted by atomic mass is 32.1. The van der Waals surface area contributed by atoms with Gasteiger partial charge in [-0.15, -0.1) is 11.3 Å². The SMILES string of the molecule is Cc1ccc2sc(B(O)O)nc2c1. The molecule has 0 unspecified atom stereocenters. The van der Waals surface area contributed by atoms with E-state index in [-0.39, 0.29) is 0 Å². The van der Waals surface area contributed by atoms with Gasteiger partial charge in [0.1, 0.15) is 4.91 Å². The third-order valence-corrected chi connectivity index (χ3v) is 2.86. The number of aromatic nitrogens is 1. The number of benzene rings is 1. The van der Waals surface area contributed by atoms with Crippen molar-refractivity contribution in [1.29, 1.82) is 0 Å². The Morgan fingerprint density at radius 2 is 2.15 bits per heavy atom. The summed E-state index contributed by atoms with van der Waals surface area (Å²) in [5.41, 5.74) is 1.95. The highest BCUT2D eigenvalue weighted by molar-refractivity contribution is 7.27. The monoisotopic (exact) mass is 193 g/mol. The molecule has 66 valence electrons. The summed E-state index contributed by atoms with van der Waals surface area (Å²) in [6.45, 7) is 1.98. The molecule has 0 aliphatic carbocycles. The number of rotatable bonds is 1. The van der Waals surface area contributed by atoms with E-state index in [1.165, 1.54) is 11.3 Å². The van der Waals surface area contributed by atoms with Crippen molar-refractivity contribution in [2.45, 2.75) is 6.92 Å². The van der Waals surface area contributed by atoms with E-state index in [1.807, 2.05) is 25.1 Å². The van der Waals surface area contributed by atoms with Crippen LogP contribution in [-0.2, 0) is 0 Å². The van der Waals surface area contributed by atoms with E-state index < -0.39 is 7.12 Å². The summed E-state index contributed by atoms with van der Waals surface area (Å²) in [7, 11) is -1.46. The molecule has 13 heavy (non-hydrogen) atoms. The van der Waals surface area contributed by atoms with Crippen molar-refractivity contribution in [3.63, 3.8) is 0 Å². The Labute approximate surface area is 79.8 Å². The molecule has 0 saturated heterocycles. The number of nitrogens with zero attached hydrogens (tertiary/aromatic N) is 1. The van der Waals surface area contributed by atoms with Crippen LogP contribution in [0, 0.1) is 6.92 Å². The van der Waals surface area contributed by atoms with Gasteiger partial charge in [-0.1, -0.05) is 6.07 Å². The van der Waals surface area contributed by atoms with E-state index in [9.17, 15) is 0 Å². The fourth-order valence-corrected chi connectivity index (χ4v) is 1.99. The van der Waals surface area contributed by atoms with Crippen LogP contribution < -0.4 is 4.91 Å². The minimum Gasteiger partial charge on any atom is -0.422 e. The van der Waals surface area contributed by atoms with Crippen LogP contribution >= 0.6 is 11.3 Å². The molecule has 2 aromatic rings. The first-order chi connectivity index (χ1) is 6.16.